The standard InChI is InChI=1S/C24H27N3O3S/c28-24(23-11-6-14-27(23)31(29,30)20-8-2-1-3-9-20)26-15-12-18(13-16-26)22-17-19-7-4-5-10-21(19)25-22/h1-5,7-10,17-18,23,25H,6,11-16H2. The number of benzene rings is 2. The van der Waals surface area contributed by atoms with Crippen LogP contribution in [0.1, 0.15) is 37.3 Å². The lowest BCUT2D eigenvalue weighted by molar-refractivity contribution is -0.135. The van der Waals surface area contributed by atoms with Gasteiger partial charge in [0, 0.05) is 36.8 Å². The lowest BCUT2D eigenvalue weighted by Crippen LogP contribution is -2.49. The molecule has 0 spiro atoms. The highest BCUT2D eigenvalue weighted by molar-refractivity contribution is 7.89. The van der Waals surface area contributed by atoms with E-state index in [0.717, 1.165) is 18.4 Å². The van der Waals surface area contributed by atoms with Crippen molar-refractivity contribution in [3.8, 4) is 0 Å². The van der Waals surface area contributed by atoms with Crippen LogP contribution < -0.4 is 0 Å². The predicted molar refractivity (Wildman–Crippen MR) is 120 cm³/mol. The molecule has 6 nitrogen and oxygen atoms in total. The van der Waals surface area contributed by atoms with E-state index in [2.05, 4.69) is 23.2 Å². The van der Waals surface area contributed by atoms with Crippen LogP contribution in [-0.4, -0.2) is 54.2 Å². The van der Waals surface area contributed by atoms with Gasteiger partial charge >= 0.3 is 0 Å². The van der Waals surface area contributed by atoms with Crippen molar-refractivity contribution >= 4 is 26.8 Å². The van der Waals surface area contributed by atoms with Crippen LogP contribution in [0.25, 0.3) is 10.9 Å². The third-order valence-corrected chi connectivity index (χ3v) is 8.56. The Kier molecular flexibility index (Phi) is 5.32. The van der Waals surface area contributed by atoms with Crippen LogP contribution in [0.3, 0.4) is 0 Å². The normalized spacial score (nSPS) is 21.0. The van der Waals surface area contributed by atoms with Gasteiger partial charge in [-0.1, -0.05) is 36.4 Å². The molecule has 7 heteroatoms. The summed E-state index contributed by atoms with van der Waals surface area (Å²) in [6.07, 6.45) is 3.08. The average Bonchev–Trinajstić information content (AvgIpc) is 3.47. The number of H-pyrrole nitrogens is 1. The van der Waals surface area contributed by atoms with Crippen LogP contribution in [0.5, 0.6) is 0 Å². The van der Waals surface area contributed by atoms with E-state index >= 15 is 0 Å². The molecule has 5 rings (SSSR count). The number of piperidine rings is 1. The average molecular weight is 438 g/mol. The molecule has 0 bridgehead atoms. The number of aromatic amines is 1. The quantitative estimate of drug-likeness (QED) is 0.676. The molecule has 162 valence electrons. The van der Waals surface area contributed by atoms with E-state index in [0.29, 0.717) is 38.4 Å². The molecule has 2 aromatic carbocycles. The number of likely N-dealkylation sites (tertiary alicyclic amines) is 1. The summed E-state index contributed by atoms with van der Waals surface area (Å²) in [5.41, 5.74) is 2.37. The molecular weight excluding hydrogens is 410 g/mol. The number of nitrogens with one attached hydrogen (secondary N) is 1. The van der Waals surface area contributed by atoms with Crippen molar-refractivity contribution in [3.63, 3.8) is 0 Å². The molecule has 2 fully saturated rings. The van der Waals surface area contributed by atoms with Crippen molar-refractivity contribution in [2.75, 3.05) is 19.6 Å². The Labute approximate surface area is 182 Å². The van der Waals surface area contributed by atoms with Crippen LogP contribution in [0.4, 0.5) is 0 Å². The SMILES string of the molecule is O=C(C1CCCN1S(=O)(=O)c1ccccc1)N1CCC(c2cc3ccccc3[nH]2)CC1. The van der Waals surface area contributed by atoms with Gasteiger partial charge in [-0.05, 0) is 55.3 Å². The van der Waals surface area contributed by atoms with Crippen molar-refractivity contribution in [2.24, 2.45) is 0 Å². The molecule has 1 aromatic heterocycles. The maximum absolute atomic E-state index is 13.3. The molecule has 0 radical (unpaired) electrons. The predicted octanol–water partition coefficient (Wildman–Crippen LogP) is 3.73. The lowest BCUT2D eigenvalue weighted by atomic mass is 9.93. The monoisotopic (exact) mass is 437 g/mol. The molecule has 3 heterocycles. The number of carbonyl (C=O) groups is 1. The second-order valence-electron chi connectivity index (χ2n) is 8.50. The number of carbonyl (C=O) groups excluding carboxylic acids is 1. The zero-order valence-corrected chi connectivity index (χ0v) is 18.2. The van der Waals surface area contributed by atoms with Gasteiger partial charge in [-0.3, -0.25) is 4.79 Å². The lowest BCUT2D eigenvalue weighted by Gasteiger charge is -2.35. The minimum atomic E-state index is -3.66. The van der Waals surface area contributed by atoms with Gasteiger partial charge in [0.15, 0.2) is 0 Å². The zero-order valence-electron chi connectivity index (χ0n) is 17.4. The van der Waals surface area contributed by atoms with E-state index in [1.165, 1.54) is 15.4 Å². The van der Waals surface area contributed by atoms with Crippen LogP contribution >= 0.6 is 0 Å². The Hall–Kier alpha value is -2.64. The number of amides is 1. The second-order valence-corrected chi connectivity index (χ2v) is 10.4. The van der Waals surface area contributed by atoms with Crippen LogP contribution in [0.2, 0.25) is 0 Å². The molecule has 31 heavy (non-hydrogen) atoms. The van der Waals surface area contributed by atoms with Gasteiger partial charge in [-0.2, -0.15) is 4.31 Å². The Morgan fingerprint density at radius 2 is 1.61 bits per heavy atom. The number of hydrogen-bond acceptors (Lipinski definition) is 3. The number of fused-ring (bicyclic) bond motifs is 1. The van der Waals surface area contributed by atoms with Crippen molar-refractivity contribution in [1.29, 1.82) is 0 Å². The van der Waals surface area contributed by atoms with Crippen molar-refractivity contribution in [3.05, 3.63) is 66.4 Å². The van der Waals surface area contributed by atoms with Crippen LogP contribution in [0, 0.1) is 0 Å². The maximum Gasteiger partial charge on any atom is 0.243 e. The summed E-state index contributed by atoms with van der Waals surface area (Å²) in [5, 5.41) is 1.21. The largest absolute Gasteiger partial charge is 0.358 e. The van der Waals surface area contributed by atoms with Gasteiger partial charge in [0.1, 0.15) is 6.04 Å². The molecule has 0 saturated carbocycles. The smallest absolute Gasteiger partial charge is 0.243 e. The van der Waals surface area contributed by atoms with Gasteiger partial charge in [0.2, 0.25) is 15.9 Å². The van der Waals surface area contributed by atoms with E-state index in [1.54, 1.807) is 30.3 Å². The zero-order chi connectivity index (χ0) is 21.4. The topological polar surface area (TPSA) is 73.5 Å². The summed E-state index contributed by atoms with van der Waals surface area (Å²) in [4.78, 5) is 18.9. The van der Waals surface area contributed by atoms with E-state index in [1.807, 2.05) is 17.0 Å². The second kappa shape index (κ2) is 8.13. The van der Waals surface area contributed by atoms with Gasteiger partial charge in [-0.25, -0.2) is 8.42 Å². The molecule has 2 saturated heterocycles. The number of aromatic nitrogens is 1. The molecule has 1 amide bonds. The summed E-state index contributed by atoms with van der Waals surface area (Å²) in [5.74, 6) is 0.344. The highest BCUT2D eigenvalue weighted by Gasteiger charge is 2.41. The minimum absolute atomic E-state index is 0.0490. The minimum Gasteiger partial charge on any atom is -0.358 e. The summed E-state index contributed by atoms with van der Waals surface area (Å²) >= 11 is 0. The molecule has 0 aliphatic carbocycles. The Morgan fingerprint density at radius 1 is 0.903 bits per heavy atom. The first-order valence-corrected chi connectivity index (χ1v) is 12.4. The van der Waals surface area contributed by atoms with Gasteiger partial charge in [-0.15, -0.1) is 0 Å². The fourth-order valence-corrected chi connectivity index (χ4v) is 6.61. The third kappa shape index (κ3) is 3.77. The fourth-order valence-electron chi connectivity index (χ4n) is 4.94. The van der Waals surface area contributed by atoms with E-state index in [9.17, 15) is 13.2 Å². The Balaban J connectivity index is 1.27. The van der Waals surface area contributed by atoms with E-state index < -0.39 is 16.1 Å². The number of sulfonamides is 1. The number of para-hydroxylation sites is 1. The van der Waals surface area contributed by atoms with Crippen LogP contribution in [-0.2, 0) is 14.8 Å². The van der Waals surface area contributed by atoms with Crippen LogP contribution in [0.15, 0.2) is 65.6 Å². The number of hydrogen-bond donors (Lipinski definition) is 1. The Morgan fingerprint density at radius 3 is 2.35 bits per heavy atom. The van der Waals surface area contributed by atoms with Crippen molar-refractivity contribution < 1.29 is 13.2 Å². The molecule has 2 aliphatic rings. The highest BCUT2D eigenvalue weighted by Crippen LogP contribution is 2.32. The molecule has 1 atom stereocenters. The molecular formula is C24H27N3O3S. The molecule has 2 aliphatic heterocycles. The van der Waals surface area contributed by atoms with Gasteiger partial charge in [0.05, 0.1) is 4.90 Å². The number of nitrogens with zero attached hydrogens (tertiary/aromatic N) is 2. The first-order chi connectivity index (χ1) is 15.0. The van der Waals surface area contributed by atoms with Crippen molar-refractivity contribution in [2.45, 2.75) is 42.5 Å². The third-order valence-electron chi connectivity index (χ3n) is 6.64. The van der Waals surface area contributed by atoms with Gasteiger partial charge < -0.3 is 9.88 Å². The highest BCUT2D eigenvalue weighted by atomic mass is 32.2. The van der Waals surface area contributed by atoms with E-state index in [-0.39, 0.29) is 10.8 Å². The van der Waals surface area contributed by atoms with Crippen molar-refractivity contribution in [1.82, 2.24) is 14.2 Å². The Bertz CT molecular complexity index is 1150. The molecule has 1 N–H and O–H groups in total. The van der Waals surface area contributed by atoms with Gasteiger partial charge in [0.25, 0.3) is 0 Å². The number of rotatable bonds is 4. The molecule has 1 unspecified atom stereocenters. The fraction of sp³-hybridized carbons (Fsp3) is 0.375. The maximum atomic E-state index is 13.3. The summed E-state index contributed by atoms with van der Waals surface area (Å²) in [7, 11) is -3.66. The first kappa shape index (κ1) is 20.3. The first-order valence-electron chi connectivity index (χ1n) is 11.0. The summed E-state index contributed by atoms with van der Waals surface area (Å²) < 4.78 is 27.6. The summed E-state index contributed by atoms with van der Waals surface area (Å²) in [6.45, 7) is 1.72. The van der Waals surface area contributed by atoms with E-state index in [4.69, 9.17) is 0 Å². The summed E-state index contributed by atoms with van der Waals surface area (Å²) in [6, 6.07) is 18.3. The molecule has 3 aromatic rings.